The third-order valence-electron chi connectivity index (χ3n) is 4.07. The first-order valence-corrected chi connectivity index (χ1v) is 8.85. The number of aromatic nitrogens is 1. The molecule has 0 amide bonds. The van der Waals surface area contributed by atoms with Gasteiger partial charge in [-0.2, -0.15) is 0 Å². The molecule has 0 bridgehead atoms. The van der Waals surface area contributed by atoms with Crippen LogP contribution < -0.4 is 0 Å². The van der Waals surface area contributed by atoms with Crippen LogP contribution >= 0.6 is 15.9 Å². The summed E-state index contributed by atoms with van der Waals surface area (Å²) in [4.78, 5) is 16.1. The van der Waals surface area contributed by atoms with Crippen LogP contribution in [-0.4, -0.2) is 16.1 Å². The van der Waals surface area contributed by atoms with Crippen molar-refractivity contribution in [3.8, 4) is 0 Å². The van der Waals surface area contributed by atoms with E-state index in [4.69, 9.17) is 0 Å². The first-order valence-electron chi connectivity index (χ1n) is 8.05. The maximum absolute atomic E-state index is 11.6. The summed E-state index contributed by atoms with van der Waals surface area (Å²) in [6.07, 6.45) is 3.79. The van der Waals surface area contributed by atoms with Crippen LogP contribution in [0.3, 0.4) is 0 Å². The van der Waals surface area contributed by atoms with Gasteiger partial charge in [-0.15, -0.1) is 0 Å². The Bertz CT molecular complexity index is 960. The molecule has 3 rings (SSSR count). The molecule has 25 heavy (non-hydrogen) atoms. The molecule has 1 aromatic heterocycles. The van der Waals surface area contributed by atoms with Crippen LogP contribution in [0.2, 0.25) is 0 Å². The van der Waals surface area contributed by atoms with Crippen molar-refractivity contribution in [2.45, 2.75) is 19.8 Å². The maximum Gasteiger partial charge on any atom is 0.336 e. The van der Waals surface area contributed by atoms with Gasteiger partial charge in [-0.25, -0.2) is 9.78 Å². The summed E-state index contributed by atoms with van der Waals surface area (Å²) in [5.41, 5.74) is 3.89. The number of nitrogens with zero attached hydrogens (tertiary/aromatic N) is 1. The second-order valence-corrected chi connectivity index (χ2v) is 7.13. The van der Waals surface area contributed by atoms with Gasteiger partial charge < -0.3 is 5.11 Å². The summed E-state index contributed by atoms with van der Waals surface area (Å²) in [5, 5.41) is 10.1. The molecule has 1 N–H and O–H groups in total. The Hall–Kier alpha value is -2.46. The summed E-state index contributed by atoms with van der Waals surface area (Å²) in [6, 6.07) is 15.4. The van der Waals surface area contributed by atoms with Gasteiger partial charge in [0.05, 0.1) is 16.8 Å². The highest BCUT2D eigenvalue weighted by Gasteiger charge is 2.11. The van der Waals surface area contributed by atoms with Gasteiger partial charge in [0.2, 0.25) is 0 Å². The van der Waals surface area contributed by atoms with Crippen molar-refractivity contribution < 1.29 is 9.90 Å². The molecule has 1 heterocycles. The van der Waals surface area contributed by atoms with Gasteiger partial charge in [0.25, 0.3) is 0 Å². The molecule has 0 saturated carbocycles. The zero-order chi connectivity index (χ0) is 18.0. The molecule has 0 saturated heterocycles. The Morgan fingerprint density at radius 2 is 1.80 bits per heavy atom. The summed E-state index contributed by atoms with van der Waals surface area (Å²) >= 11 is 3.38. The smallest absolute Gasteiger partial charge is 0.336 e. The number of aromatic carboxylic acids is 1. The third-order valence-corrected chi connectivity index (χ3v) is 4.56. The number of hydrogen-bond acceptors (Lipinski definition) is 2. The zero-order valence-electron chi connectivity index (χ0n) is 14.0. The lowest BCUT2D eigenvalue weighted by Crippen LogP contribution is -2.00. The normalized spacial score (nSPS) is 11.5. The fourth-order valence-electron chi connectivity index (χ4n) is 2.65. The second kappa shape index (κ2) is 7.19. The molecular weight excluding hydrogens is 378 g/mol. The number of carbonyl (C=O) groups is 1. The number of benzene rings is 2. The van der Waals surface area contributed by atoms with E-state index in [0.717, 1.165) is 10.0 Å². The molecule has 0 atom stereocenters. The molecule has 0 fully saturated rings. The number of carboxylic acid groups (broad SMARTS) is 1. The first-order chi connectivity index (χ1) is 11.9. The lowest BCUT2D eigenvalue weighted by Gasteiger charge is -2.06. The quantitative estimate of drug-likeness (QED) is 0.589. The minimum absolute atomic E-state index is 0.251. The lowest BCUT2D eigenvalue weighted by molar-refractivity contribution is 0.0699. The molecule has 0 aliphatic carbocycles. The predicted molar refractivity (Wildman–Crippen MR) is 106 cm³/mol. The number of halogens is 1. The van der Waals surface area contributed by atoms with E-state index >= 15 is 0 Å². The van der Waals surface area contributed by atoms with E-state index in [0.29, 0.717) is 22.5 Å². The Labute approximate surface area is 155 Å². The van der Waals surface area contributed by atoms with E-state index in [1.54, 1.807) is 12.1 Å². The van der Waals surface area contributed by atoms with Crippen LogP contribution in [0.4, 0.5) is 0 Å². The first kappa shape index (κ1) is 17.4. The van der Waals surface area contributed by atoms with Crippen LogP contribution in [0.5, 0.6) is 0 Å². The molecule has 0 unspecified atom stereocenters. The molecule has 0 aliphatic heterocycles. The van der Waals surface area contributed by atoms with Crippen molar-refractivity contribution in [2.75, 3.05) is 0 Å². The predicted octanol–water partition coefficient (Wildman–Crippen LogP) is 5.99. The SMILES string of the molecule is CC(C)c1ccc(/C=C/c2cc(C(=O)O)c3cc(Br)ccc3n2)cc1. The van der Waals surface area contributed by atoms with Crippen molar-refractivity contribution in [3.63, 3.8) is 0 Å². The van der Waals surface area contributed by atoms with Crippen LogP contribution in [-0.2, 0) is 0 Å². The minimum Gasteiger partial charge on any atom is -0.478 e. The van der Waals surface area contributed by atoms with Gasteiger partial charge in [0, 0.05) is 9.86 Å². The van der Waals surface area contributed by atoms with Crippen molar-refractivity contribution in [2.24, 2.45) is 0 Å². The molecule has 0 radical (unpaired) electrons. The van der Waals surface area contributed by atoms with E-state index in [1.165, 1.54) is 5.56 Å². The van der Waals surface area contributed by atoms with Gasteiger partial charge >= 0.3 is 5.97 Å². The number of carboxylic acids is 1. The molecule has 3 aromatic rings. The molecule has 2 aromatic carbocycles. The average Bonchev–Trinajstić information content (AvgIpc) is 2.59. The van der Waals surface area contributed by atoms with Crippen molar-refractivity contribution >= 4 is 45.0 Å². The highest BCUT2D eigenvalue weighted by atomic mass is 79.9. The molecule has 4 heteroatoms. The van der Waals surface area contributed by atoms with Crippen LogP contribution in [0.15, 0.2) is 53.0 Å². The summed E-state index contributed by atoms with van der Waals surface area (Å²) in [6.45, 7) is 4.32. The van der Waals surface area contributed by atoms with Gasteiger partial charge in [-0.3, -0.25) is 0 Å². The molecule has 0 spiro atoms. The summed E-state index contributed by atoms with van der Waals surface area (Å²) in [7, 11) is 0. The molecule has 126 valence electrons. The van der Waals surface area contributed by atoms with Crippen LogP contribution in [0.1, 0.15) is 46.9 Å². The van der Waals surface area contributed by atoms with E-state index in [-0.39, 0.29) is 5.56 Å². The average molecular weight is 396 g/mol. The molecule has 3 nitrogen and oxygen atoms in total. The lowest BCUT2D eigenvalue weighted by atomic mass is 10.0. The van der Waals surface area contributed by atoms with Crippen molar-refractivity contribution in [1.29, 1.82) is 0 Å². The van der Waals surface area contributed by atoms with Gasteiger partial charge in [-0.1, -0.05) is 60.1 Å². The minimum atomic E-state index is -0.957. The molecule has 0 aliphatic rings. The Kier molecular flexibility index (Phi) is 5.00. The van der Waals surface area contributed by atoms with E-state index in [9.17, 15) is 9.90 Å². The fourth-order valence-corrected chi connectivity index (χ4v) is 3.02. The Morgan fingerprint density at radius 3 is 2.44 bits per heavy atom. The van der Waals surface area contributed by atoms with E-state index < -0.39 is 5.97 Å². The maximum atomic E-state index is 11.6. The summed E-state index contributed by atoms with van der Waals surface area (Å²) in [5.74, 6) is -0.459. The highest BCUT2D eigenvalue weighted by molar-refractivity contribution is 9.10. The molecular formula is C21H18BrNO2. The fraction of sp³-hybridized carbons (Fsp3) is 0.143. The van der Waals surface area contributed by atoms with Gasteiger partial charge in [-0.05, 0) is 47.4 Å². The third kappa shape index (κ3) is 3.97. The zero-order valence-corrected chi connectivity index (χ0v) is 15.6. The largest absolute Gasteiger partial charge is 0.478 e. The Morgan fingerprint density at radius 1 is 1.08 bits per heavy atom. The van der Waals surface area contributed by atoms with Gasteiger partial charge in [0.15, 0.2) is 0 Å². The second-order valence-electron chi connectivity index (χ2n) is 6.22. The van der Waals surface area contributed by atoms with Crippen LogP contribution in [0.25, 0.3) is 23.1 Å². The topological polar surface area (TPSA) is 50.2 Å². The standard InChI is InChI=1S/C21H18BrNO2/c1-13(2)15-6-3-14(4-7-15)5-9-17-12-19(21(24)25)18-11-16(22)8-10-20(18)23-17/h3-13H,1-2H3,(H,24,25)/b9-5+. The number of rotatable bonds is 4. The highest BCUT2D eigenvalue weighted by Crippen LogP contribution is 2.24. The van der Waals surface area contributed by atoms with E-state index in [1.807, 2.05) is 24.3 Å². The Balaban J connectivity index is 1.98. The van der Waals surface area contributed by atoms with E-state index in [2.05, 4.69) is 59.0 Å². The van der Waals surface area contributed by atoms with Crippen molar-refractivity contribution in [3.05, 3.63) is 75.4 Å². The summed E-state index contributed by atoms with van der Waals surface area (Å²) < 4.78 is 0.831. The van der Waals surface area contributed by atoms with Gasteiger partial charge in [0.1, 0.15) is 0 Å². The monoisotopic (exact) mass is 395 g/mol. The number of pyridine rings is 1. The number of fused-ring (bicyclic) bond motifs is 1. The van der Waals surface area contributed by atoms with Crippen molar-refractivity contribution in [1.82, 2.24) is 4.98 Å². The number of hydrogen-bond donors (Lipinski definition) is 1. The van der Waals surface area contributed by atoms with Crippen LogP contribution in [0, 0.1) is 0 Å².